The highest BCUT2D eigenvalue weighted by molar-refractivity contribution is 7.16. The van der Waals surface area contributed by atoms with Gasteiger partial charge in [0.25, 0.3) is 5.56 Å². The minimum absolute atomic E-state index is 0.0770. The van der Waals surface area contributed by atoms with Gasteiger partial charge in [-0.15, -0.1) is 0 Å². The highest BCUT2D eigenvalue weighted by Gasteiger charge is 2.18. The maximum Gasteiger partial charge on any atom is 0.347 e. The molecular weight excluding hydrogens is 356 g/mol. The lowest BCUT2D eigenvalue weighted by molar-refractivity contribution is -0.152. The summed E-state index contributed by atoms with van der Waals surface area (Å²) in [6.45, 7) is 3.21. The Labute approximate surface area is 152 Å². The van der Waals surface area contributed by atoms with Crippen LogP contribution in [0.1, 0.15) is 23.2 Å². The van der Waals surface area contributed by atoms with E-state index in [1.165, 1.54) is 21.9 Å². The Morgan fingerprint density at radius 3 is 2.81 bits per heavy atom. The number of carbonyl (C=O) groups excluding carboxylic acids is 1. The molecule has 0 aliphatic heterocycles. The third-order valence-electron chi connectivity index (χ3n) is 3.38. The first kappa shape index (κ1) is 17.6. The van der Waals surface area contributed by atoms with E-state index in [1.54, 1.807) is 38.1 Å². The molecule has 0 bridgehead atoms. The van der Waals surface area contributed by atoms with E-state index in [2.05, 4.69) is 10.1 Å². The van der Waals surface area contributed by atoms with E-state index in [4.69, 9.17) is 14.7 Å². The average molecular weight is 370 g/mol. The van der Waals surface area contributed by atoms with Crippen LogP contribution in [0.15, 0.2) is 35.1 Å². The summed E-state index contributed by atoms with van der Waals surface area (Å²) < 4.78 is 11.9. The Hall–Kier alpha value is -3.25. The van der Waals surface area contributed by atoms with Crippen molar-refractivity contribution in [1.82, 2.24) is 14.6 Å². The summed E-state index contributed by atoms with van der Waals surface area (Å²) in [5.74, 6) is -0.107. The molecule has 1 aromatic carbocycles. The maximum absolute atomic E-state index is 12.1. The van der Waals surface area contributed by atoms with Gasteiger partial charge >= 0.3 is 5.97 Å². The van der Waals surface area contributed by atoms with Gasteiger partial charge in [-0.2, -0.15) is 14.9 Å². The summed E-state index contributed by atoms with van der Waals surface area (Å²) in [5.41, 5.74) is 0.827. The molecule has 2 aromatic heterocycles. The molecule has 132 valence electrons. The van der Waals surface area contributed by atoms with Crippen LogP contribution in [0.5, 0.6) is 5.75 Å². The van der Waals surface area contributed by atoms with Gasteiger partial charge in [0.2, 0.25) is 4.96 Å². The van der Waals surface area contributed by atoms with Crippen LogP contribution >= 0.6 is 11.3 Å². The first-order valence-corrected chi connectivity index (χ1v) is 8.48. The number of esters is 1. The van der Waals surface area contributed by atoms with Crippen molar-refractivity contribution in [3.8, 4) is 11.8 Å². The molecule has 26 heavy (non-hydrogen) atoms. The van der Waals surface area contributed by atoms with Crippen LogP contribution in [0, 0.1) is 18.3 Å². The molecule has 8 nitrogen and oxygen atoms in total. The molecule has 0 unspecified atom stereocenters. The largest absolute Gasteiger partial charge is 0.479 e. The molecule has 0 radical (unpaired) electrons. The molecule has 0 fully saturated rings. The average Bonchev–Trinajstić information content (AvgIpc) is 3.03. The SMILES string of the molecule is Cc1cc(=O)n2nc(COC(=O)[C@@H](C)Oc3ccc(C#N)cc3)sc2n1. The monoisotopic (exact) mass is 370 g/mol. The van der Waals surface area contributed by atoms with Crippen molar-refractivity contribution in [2.45, 2.75) is 26.6 Å². The fourth-order valence-corrected chi connectivity index (χ4v) is 2.99. The fourth-order valence-electron chi connectivity index (χ4n) is 2.13. The van der Waals surface area contributed by atoms with Crippen molar-refractivity contribution in [1.29, 1.82) is 5.26 Å². The van der Waals surface area contributed by atoms with Gasteiger partial charge in [0.05, 0.1) is 11.6 Å². The maximum atomic E-state index is 12.1. The van der Waals surface area contributed by atoms with Gasteiger partial charge in [-0.1, -0.05) is 11.3 Å². The van der Waals surface area contributed by atoms with Crippen molar-refractivity contribution in [2.24, 2.45) is 0 Å². The Morgan fingerprint density at radius 1 is 1.38 bits per heavy atom. The van der Waals surface area contributed by atoms with Crippen LogP contribution in [0.3, 0.4) is 0 Å². The number of benzene rings is 1. The molecular formula is C17H14N4O4S. The van der Waals surface area contributed by atoms with Gasteiger partial charge in [0.1, 0.15) is 12.4 Å². The van der Waals surface area contributed by atoms with Crippen LogP contribution < -0.4 is 10.3 Å². The number of aromatic nitrogens is 3. The van der Waals surface area contributed by atoms with Crippen molar-refractivity contribution >= 4 is 22.3 Å². The number of hydrogen-bond donors (Lipinski definition) is 0. The quantitative estimate of drug-likeness (QED) is 0.631. The van der Waals surface area contributed by atoms with Crippen LogP contribution in [0.2, 0.25) is 0 Å². The normalized spacial score (nSPS) is 11.7. The highest BCUT2D eigenvalue weighted by Crippen LogP contribution is 2.15. The lowest BCUT2D eigenvalue weighted by Crippen LogP contribution is -2.26. The number of aryl methyl sites for hydroxylation is 1. The van der Waals surface area contributed by atoms with Gasteiger partial charge in [-0.3, -0.25) is 4.79 Å². The van der Waals surface area contributed by atoms with E-state index >= 15 is 0 Å². The molecule has 0 saturated carbocycles. The summed E-state index contributed by atoms with van der Waals surface area (Å²) in [6, 6.07) is 9.80. The van der Waals surface area contributed by atoms with Crippen LogP contribution in [-0.4, -0.2) is 26.7 Å². The Bertz CT molecular complexity index is 1050. The lowest BCUT2D eigenvalue weighted by atomic mass is 10.2. The van der Waals surface area contributed by atoms with Crippen LogP contribution in [0.25, 0.3) is 4.96 Å². The molecule has 3 rings (SSSR count). The van der Waals surface area contributed by atoms with Gasteiger partial charge in [-0.05, 0) is 38.1 Å². The Balaban J connectivity index is 1.61. The molecule has 9 heteroatoms. The number of rotatable bonds is 5. The van der Waals surface area contributed by atoms with Crippen LogP contribution in [-0.2, 0) is 16.1 Å². The van der Waals surface area contributed by atoms with Crippen molar-refractivity contribution < 1.29 is 14.3 Å². The standard InChI is InChI=1S/C17H14N4O4S/c1-10-7-15(22)21-17(19-10)26-14(20-21)9-24-16(23)11(2)25-13-5-3-12(8-18)4-6-13/h3-7,11H,9H2,1-2H3/t11-/m1/s1. The van der Waals surface area contributed by atoms with Gasteiger partial charge in [0, 0.05) is 11.8 Å². The van der Waals surface area contributed by atoms with Crippen molar-refractivity contribution in [3.05, 3.63) is 57.0 Å². The smallest absolute Gasteiger partial charge is 0.347 e. The number of ether oxygens (including phenoxy) is 2. The first-order chi connectivity index (χ1) is 12.5. The minimum atomic E-state index is -0.833. The number of fused-ring (bicyclic) bond motifs is 1. The molecule has 0 aliphatic carbocycles. The topological polar surface area (TPSA) is 107 Å². The van der Waals surface area contributed by atoms with Crippen LogP contribution in [0.4, 0.5) is 0 Å². The number of nitrogens with zero attached hydrogens (tertiary/aromatic N) is 4. The predicted molar refractivity (Wildman–Crippen MR) is 92.9 cm³/mol. The zero-order valence-corrected chi connectivity index (χ0v) is 14.8. The molecule has 0 aliphatic rings. The molecule has 1 atom stereocenters. The van der Waals surface area contributed by atoms with Gasteiger partial charge in [-0.25, -0.2) is 9.78 Å². The first-order valence-electron chi connectivity index (χ1n) is 7.66. The number of hydrogen-bond acceptors (Lipinski definition) is 8. The lowest BCUT2D eigenvalue weighted by Gasteiger charge is -2.13. The third-order valence-corrected chi connectivity index (χ3v) is 4.26. The summed E-state index contributed by atoms with van der Waals surface area (Å²) >= 11 is 1.18. The number of carbonyl (C=O) groups is 1. The molecule has 0 spiro atoms. The van der Waals surface area contributed by atoms with E-state index in [9.17, 15) is 9.59 Å². The molecule has 0 saturated heterocycles. The molecule has 0 N–H and O–H groups in total. The molecule has 2 heterocycles. The fraction of sp³-hybridized carbons (Fsp3) is 0.235. The summed E-state index contributed by atoms with van der Waals surface area (Å²) in [7, 11) is 0. The van der Waals surface area contributed by atoms with E-state index in [1.807, 2.05) is 6.07 Å². The van der Waals surface area contributed by atoms with E-state index in [-0.39, 0.29) is 12.2 Å². The molecule has 3 aromatic rings. The zero-order valence-electron chi connectivity index (χ0n) is 14.0. The molecule has 0 amide bonds. The highest BCUT2D eigenvalue weighted by atomic mass is 32.1. The van der Waals surface area contributed by atoms with E-state index in [0.717, 1.165) is 0 Å². The van der Waals surface area contributed by atoms with Gasteiger partial charge < -0.3 is 9.47 Å². The second-order valence-electron chi connectivity index (χ2n) is 5.43. The third kappa shape index (κ3) is 3.87. The second kappa shape index (κ2) is 7.33. The van der Waals surface area contributed by atoms with Crippen molar-refractivity contribution in [3.63, 3.8) is 0 Å². The summed E-state index contributed by atoms with van der Waals surface area (Å²) in [5, 5.41) is 13.3. The van der Waals surface area contributed by atoms with Gasteiger partial charge in [0.15, 0.2) is 11.1 Å². The summed E-state index contributed by atoms with van der Waals surface area (Å²) in [4.78, 5) is 28.6. The second-order valence-corrected chi connectivity index (χ2v) is 6.47. The Kier molecular flexibility index (Phi) is 4.95. The summed E-state index contributed by atoms with van der Waals surface area (Å²) in [6.07, 6.45) is -0.833. The van der Waals surface area contributed by atoms with E-state index < -0.39 is 12.1 Å². The predicted octanol–water partition coefficient (Wildman–Crippen LogP) is 1.84. The van der Waals surface area contributed by atoms with E-state index in [0.29, 0.717) is 27.0 Å². The zero-order chi connectivity index (χ0) is 18.7. The Morgan fingerprint density at radius 2 is 2.12 bits per heavy atom. The minimum Gasteiger partial charge on any atom is -0.479 e. The number of nitriles is 1. The van der Waals surface area contributed by atoms with Crippen molar-refractivity contribution in [2.75, 3.05) is 0 Å².